The Kier molecular flexibility index (Phi) is 4.19. The summed E-state index contributed by atoms with van der Waals surface area (Å²) in [7, 11) is 3.27. The normalized spacial score (nSPS) is 19.1. The Morgan fingerprint density at radius 1 is 1.53 bits per heavy atom. The number of nitrogens with zero attached hydrogens (tertiary/aromatic N) is 3. The molecule has 1 aromatic heterocycles. The third kappa shape index (κ3) is 3.13. The molecule has 1 atom stereocenters. The molecule has 0 spiro atoms. The van der Waals surface area contributed by atoms with Crippen LogP contribution in [0.2, 0.25) is 0 Å². The molecule has 1 aliphatic rings. The molecule has 0 aromatic carbocycles. The molecule has 1 aliphatic heterocycles. The predicted octanol–water partition coefficient (Wildman–Crippen LogP) is 1.22. The number of hydrogen-bond acceptors (Lipinski definition) is 6. The number of anilines is 2. The third-order valence-electron chi connectivity index (χ3n) is 3.36. The Morgan fingerprint density at radius 3 is 3.00 bits per heavy atom. The number of nitrogens with one attached hydrogen (secondary N) is 1. The maximum atomic E-state index is 11.6. The number of aryl methyl sites for hydroxylation is 1. The van der Waals surface area contributed by atoms with E-state index in [0.717, 1.165) is 36.8 Å². The van der Waals surface area contributed by atoms with E-state index in [2.05, 4.69) is 20.2 Å². The van der Waals surface area contributed by atoms with Crippen molar-refractivity contribution in [2.75, 3.05) is 37.5 Å². The van der Waals surface area contributed by atoms with Crippen LogP contribution in [0.4, 0.5) is 11.6 Å². The highest BCUT2D eigenvalue weighted by Crippen LogP contribution is 2.24. The molecular formula is C13H20N4O2. The smallest absolute Gasteiger partial charge is 0.310 e. The van der Waals surface area contributed by atoms with Gasteiger partial charge in [-0.25, -0.2) is 9.97 Å². The number of esters is 1. The lowest BCUT2D eigenvalue weighted by Gasteiger charge is -2.32. The molecule has 1 N–H and O–H groups in total. The monoisotopic (exact) mass is 264 g/mol. The number of piperidine rings is 1. The first kappa shape index (κ1) is 13.6. The minimum atomic E-state index is -0.135. The second kappa shape index (κ2) is 5.86. The molecule has 1 fully saturated rings. The second-order valence-corrected chi connectivity index (χ2v) is 4.72. The minimum Gasteiger partial charge on any atom is -0.469 e. The van der Waals surface area contributed by atoms with Gasteiger partial charge in [-0.15, -0.1) is 0 Å². The van der Waals surface area contributed by atoms with E-state index in [-0.39, 0.29) is 11.9 Å². The molecule has 0 saturated carbocycles. The van der Waals surface area contributed by atoms with Gasteiger partial charge in [0, 0.05) is 26.2 Å². The van der Waals surface area contributed by atoms with Crippen LogP contribution in [0.3, 0.4) is 0 Å². The number of methoxy groups -OCH3 is 1. The fourth-order valence-electron chi connectivity index (χ4n) is 2.39. The SMILES string of the molecule is CNc1cc(N2CCCC(C(=O)OC)C2)nc(C)n1. The van der Waals surface area contributed by atoms with Crippen LogP contribution in [0.25, 0.3) is 0 Å². The molecule has 6 nitrogen and oxygen atoms in total. The van der Waals surface area contributed by atoms with Gasteiger partial charge in [0.25, 0.3) is 0 Å². The van der Waals surface area contributed by atoms with Crippen molar-refractivity contribution in [3.8, 4) is 0 Å². The van der Waals surface area contributed by atoms with Crippen molar-refractivity contribution in [1.29, 1.82) is 0 Å². The maximum Gasteiger partial charge on any atom is 0.310 e. The summed E-state index contributed by atoms with van der Waals surface area (Å²) < 4.78 is 4.83. The molecule has 0 aliphatic carbocycles. The Labute approximate surface area is 113 Å². The van der Waals surface area contributed by atoms with Crippen molar-refractivity contribution >= 4 is 17.6 Å². The van der Waals surface area contributed by atoms with Gasteiger partial charge in [-0.05, 0) is 19.8 Å². The highest BCUT2D eigenvalue weighted by molar-refractivity contribution is 5.73. The van der Waals surface area contributed by atoms with Crippen molar-refractivity contribution in [2.24, 2.45) is 5.92 Å². The van der Waals surface area contributed by atoms with E-state index in [1.54, 1.807) is 0 Å². The standard InChI is InChI=1S/C13H20N4O2/c1-9-15-11(14-2)7-12(16-9)17-6-4-5-10(8-17)13(18)19-3/h7,10H,4-6,8H2,1-3H3,(H,14,15,16). The average Bonchev–Trinajstić information content (AvgIpc) is 2.45. The largest absolute Gasteiger partial charge is 0.469 e. The molecule has 2 heterocycles. The third-order valence-corrected chi connectivity index (χ3v) is 3.36. The first-order valence-electron chi connectivity index (χ1n) is 6.50. The fraction of sp³-hybridized carbons (Fsp3) is 0.615. The molecule has 2 rings (SSSR count). The summed E-state index contributed by atoms with van der Waals surface area (Å²) in [5, 5.41) is 3.02. The number of ether oxygens (including phenoxy) is 1. The number of carbonyl (C=O) groups excluding carboxylic acids is 1. The van der Waals surface area contributed by atoms with Crippen LogP contribution in [0.1, 0.15) is 18.7 Å². The molecular weight excluding hydrogens is 244 g/mol. The molecule has 0 radical (unpaired) electrons. The predicted molar refractivity (Wildman–Crippen MR) is 73.3 cm³/mol. The Bertz CT molecular complexity index is 464. The summed E-state index contributed by atoms with van der Waals surface area (Å²) in [4.78, 5) is 22.5. The summed E-state index contributed by atoms with van der Waals surface area (Å²) in [6, 6.07) is 1.91. The van der Waals surface area contributed by atoms with Crippen LogP contribution in [0, 0.1) is 12.8 Å². The minimum absolute atomic E-state index is 0.0629. The number of hydrogen-bond donors (Lipinski definition) is 1. The lowest BCUT2D eigenvalue weighted by Crippen LogP contribution is -2.39. The van der Waals surface area contributed by atoms with Gasteiger partial charge < -0.3 is 15.0 Å². The fourth-order valence-corrected chi connectivity index (χ4v) is 2.39. The van der Waals surface area contributed by atoms with Crippen LogP contribution >= 0.6 is 0 Å². The van der Waals surface area contributed by atoms with E-state index in [4.69, 9.17) is 4.74 Å². The Hall–Kier alpha value is -1.85. The average molecular weight is 264 g/mol. The number of carbonyl (C=O) groups is 1. The van der Waals surface area contributed by atoms with Crippen molar-refractivity contribution in [3.05, 3.63) is 11.9 Å². The quantitative estimate of drug-likeness (QED) is 0.828. The molecule has 104 valence electrons. The summed E-state index contributed by atoms with van der Waals surface area (Å²) in [5.41, 5.74) is 0. The van der Waals surface area contributed by atoms with Gasteiger partial charge in [-0.1, -0.05) is 0 Å². The zero-order valence-electron chi connectivity index (χ0n) is 11.6. The highest BCUT2D eigenvalue weighted by atomic mass is 16.5. The number of aromatic nitrogens is 2. The van der Waals surface area contributed by atoms with Crippen molar-refractivity contribution in [1.82, 2.24) is 9.97 Å². The summed E-state index contributed by atoms with van der Waals surface area (Å²) in [6.45, 7) is 3.44. The van der Waals surface area contributed by atoms with Gasteiger partial charge in [0.15, 0.2) is 0 Å². The van der Waals surface area contributed by atoms with Gasteiger partial charge in [0.1, 0.15) is 17.5 Å². The van der Waals surface area contributed by atoms with Gasteiger partial charge >= 0.3 is 5.97 Å². The zero-order valence-corrected chi connectivity index (χ0v) is 11.6. The topological polar surface area (TPSA) is 67.4 Å². The Balaban J connectivity index is 2.17. The first-order chi connectivity index (χ1) is 9.13. The molecule has 1 aromatic rings. The molecule has 0 amide bonds. The van der Waals surface area contributed by atoms with Crippen LogP contribution in [-0.4, -0.2) is 43.2 Å². The lowest BCUT2D eigenvalue weighted by molar-refractivity contribution is -0.145. The second-order valence-electron chi connectivity index (χ2n) is 4.72. The van der Waals surface area contributed by atoms with E-state index in [0.29, 0.717) is 6.54 Å². The highest BCUT2D eigenvalue weighted by Gasteiger charge is 2.27. The molecule has 1 unspecified atom stereocenters. The van der Waals surface area contributed by atoms with E-state index >= 15 is 0 Å². The van der Waals surface area contributed by atoms with Gasteiger partial charge in [-0.3, -0.25) is 4.79 Å². The van der Waals surface area contributed by atoms with Gasteiger partial charge in [0.05, 0.1) is 13.0 Å². The summed E-state index contributed by atoms with van der Waals surface area (Å²) in [5.74, 6) is 2.19. The summed E-state index contributed by atoms with van der Waals surface area (Å²) >= 11 is 0. The van der Waals surface area contributed by atoms with Crippen molar-refractivity contribution < 1.29 is 9.53 Å². The van der Waals surface area contributed by atoms with Crippen LogP contribution in [-0.2, 0) is 9.53 Å². The Morgan fingerprint density at radius 2 is 2.32 bits per heavy atom. The molecule has 1 saturated heterocycles. The van der Waals surface area contributed by atoms with Crippen molar-refractivity contribution in [2.45, 2.75) is 19.8 Å². The van der Waals surface area contributed by atoms with E-state index in [1.807, 2.05) is 20.0 Å². The van der Waals surface area contributed by atoms with E-state index < -0.39 is 0 Å². The van der Waals surface area contributed by atoms with E-state index in [1.165, 1.54) is 7.11 Å². The van der Waals surface area contributed by atoms with Crippen LogP contribution in [0.15, 0.2) is 6.07 Å². The molecule has 0 bridgehead atoms. The van der Waals surface area contributed by atoms with Crippen LogP contribution in [0.5, 0.6) is 0 Å². The molecule has 6 heteroatoms. The number of rotatable bonds is 3. The first-order valence-corrected chi connectivity index (χ1v) is 6.50. The van der Waals surface area contributed by atoms with E-state index in [9.17, 15) is 4.79 Å². The maximum absolute atomic E-state index is 11.6. The lowest BCUT2D eigenvalue weighted by atomic mass is 9.98. The van der Waals surface area contributed by atoms with Crippen LogP contribution < -0.4 is 10.2 Å². The summed E-state index contributed by atoms with van der Waals surface area (Å²) in [6.07, 6.45) is 1.85. The van der Waals surface area contributed by atoms with Crippen molar-refractivity contribution in [3.63, 3.8) is 0 Å². The zero-order chi connectivity index (χ0) is 13.8. The van der Waals surface area contributed by atoms with Gasteiger partial charge in [0.2, 0.25) is 0 Å². The molecule has 19 heavy (non-hydrogen) atoms. The van der Waals surface area contributed by atoms with Gasteiger partial charge in [-0.2, -0.15) is 0 Å².